The van der Waals surface area contributed by atoms with Crippen molar-refractivity contribution >= 4 is 23.6 Å². The van der Waals surface area contributed by atoms with E-state index in [0.29, 0.717) is 23.1 Å². The van der Waals surface area contributed by atoms with Gasteiger partial charge in [0, 0.05) is 13.1 Å². The summed E-state index contributed by atoms with van der Waals surface area (Å²) < 4.78 is 10.7. The zero-order chi connectivity index (χ0) is 15.1. The lowest BCUT2D eigenvalue weighted by Crippen LogP contribution is -2.22. The zero-order valence-corrected chi connectivity index (χ0v) is 12.7. The predicted molar refractivity (Wildman–Crippen MR) is 78.0 cm³/mol. The summed E-state index contributed by atoms with van der Waals surface area (Å²) in [5, 5.41) is 1.54. The summed E-state index contributed by atoms with van der Waals surface area (Å²) in [6.45, 7) is 2.35. The lowest BCUT2D eigenvalue weighted by Gasteiger charge is -2.12. The molecular formula is C14H18ClNO4. The van der Waals surface area contributed by atoms with Gasteiger partial charge in [0.05, 0.1) is 25.8 Å². The SMILES string of the molecule is CCOc1c(Cl)cc(C=CC(=O)N(C)OC)cc1OC. The third kappa shape index (κ3) is 4.15. The molecule has 0 aliphatic rings. The van der Waals surface area contributed by atoms with Crippen molar-refractivity contribution in [3.8, 4) is 11.5 Å². The van der Waals surface area contributed by atoms with Crippen molar-refractivity contribution in [2.75, 3.05) is 27.9 Å². The molecule has 0 N–H and O–H groups in total. The fourth-order valence-electron chi connectivity index (χ4n) is 1.48. The summed E-state index contributed by atoms with van der Waals surface area (Å²) in [4.78, 5) is 16.4. The van der Waals surface area contributed by atoms with E-state index in [4.69, 9.17) is 25.9 Å². The van der Waals surface area contributed by atoms with Crippen molar-refractivity contribution < 1.29 is 19.1 Å². The fraction of sp³-hybridized carbons (Fsp3) is 0.357. The second-order valence-electron chi connectivity index (χ2n) is 3.82. The first kappa shape index (κ1) is 16.3. The number of carbonyl (C=O) groups is 1. The number of hydrogen-bond donors (Lipinski definition) is 0. The molecule has 0 heterocycles. The summed E-state index contributed by atoms with van der Waals surface area (Å²) >= 11 is 6.14. The Hall–Kier alpha value is -1.72. The Morgan fingerprint density at radius 1 is 1.40 bits per heavy atom. The summed E-state index contributed by atoms with van der Waals surface area (Å²) in [7, 11) is 4.48. The van der Waals surface area contributed by atoms with Crippen LogP contribution in [0.25, 0.3) is 6.08 Å². The number of ether oxygens (including phenoxy) is 2. The number of carbonyl (C=O) groups excluding carboxylic acids is 1. The van der Waals surface area contributed by atoms with Crippen molar-refractivity contribution in [2.45, 2.75) is 6.92 Å². The normalized spacial score (nSPS) is 10.7. The Labute approximate surface area is 123 Å². The van der Waals surface area contributed by atoms with E-state index >= 15 is 0 Å². The first-order valence-electron chi connectivity index (χ1n) is 6.03. The molecule has 5 nitrogen and oxygen atoms in total. The van der Waals surface area contributed by atoms with Gasteiger partial charge in [-0.05, 0) is 30.7 Å². The van der Waals surface area contributed by atoms with Crippen LogP contribution in [0.3, 0.4) is 0 Å². The van der Waals surface area contributed by atoms with Crippen LogP contribution in [0.5, 0.6) is 11.5 Å². The van der Waals surface area contributed by atoms with Gasteiger partial charge in [-0.1, -0.05) is 11.6 Å². The Kier molecular flexibility index (Phi) is 6.35. The van der Waals surface area contributed by atoms with Crippen molar-refractivity contribution in [1.82, 2.24) is 5.06 Å². The molecule has 1 rings (SSSR count). The topological polar surface area (TPSA) is 48.0 Å². The van der Waals surface area contributed by atoms with E-state index in [1.54, 1.807) is 18.2 Å². The van der Waals surface area contributed by atoms with Crippen molar-refractivity contribution in [3.05, 3.63) is 28.8 Å². The van der Waals surface area contributed by atoms with Gasteiger partial charge in [0.2, 0.25) is 0 Å². The molecular weight excluding hydrogens is 282 g/mol. The van der Waals surface area contributed by atoms with Gasteiger partial charge in [0.25, 0.3) is 5.91 Å². The number of hydroxylamine groups is 2. The molecule has 0 fully saturated rings. The van der Waals surface area contributed by atoms with Crippen LogP contribution in [-0.4, -0.2) is 38.8 Å². The minimum absolute atomic E-state index is 0.281. The van der Waals surface area contributed by atoms with Gasteiger partial charge in [-0.3, -0.25) is 9.63 Å². The van der Waals surface area contributed by atoms with Crippen LogP contribution in [0.2, 0.25) is 5.02 Å². The van der Waals surface area contributed by atoms with E-state index in [-0.39, 0.29) is 5.91 Å². The second-order valence-corrected chi connectivity index (χ2v) is 4.23. The zero-order valence-electron chi connectivity index (χ0n) is 12.0. The van der Waals surface area contributed by atoms with E-state index in [0.717, 1.165) is 10.6 Å². The van der Waals surface area contributed by atoms with Gasteiger partial charge < -0.3 is 9.47 Å². The minimum Gasteiger partial charge on any atom is -0.493 e. The Balaban J connectivity index is 3.00. The molecule has 0 saturated carbocycles. The molecule has 0 atom stereocenters. The first-order chi connectivity index (χ1) is 9.53. The molecule has 1 aromatic carbocycles. The van der Waals surface area contributed by atoms with Crippen LogP contribution in [0, 0.1) is 0 Å². The molecule has 0 radical (unpaired) electrons. The van der Waals surface area contributed by atoms with Crippen LogP contribution < -0.4 is 9.47 Å². The highest BCUT2D eigenvalue weighted by Gasteiger charge is 2.11. The number of methoxy groups -OCH3 is 1. The van der Waals surface area contributed by atoms with Gasteiger partial charge in [0.15, 0.2) is 11.5 Å². The maximum atomic E-state index is 11.6. The average Bonchev–Trinajstić information content (AvgIpc) is 2.46. The molecule has 1 amide bonds. The third-order valence-corrected chi connectivity index (χ3v) is 2.82. The summed E-state index contributed by atoms with van der Waals surface area (Å²) in [6, 6.07) is 3.44. The second kappa shape index (κ2) is 7.77. The molecule has 0 aliphatic heterocycles. The lowest BCUT2D eigenvalue weighted by molar-refractivity contribution is -0.162. The van der Waals surface area contributed by atoms with Gasteiger partial charge in [-0.25, -0.2) is 5.06 Å². The van der Waals surface area contributed by atoms with Gasteiger partial charge >= 0.3 is 0 Å². The number of halogens is 1. The van der Waals surface area contributed by atoms with E-state index in [9.17, 15) is 4.79 Å². The summed E-state index contributed by atoms with van der Waals surface area (Å²) in [5.41, 5.74) is 0.730. The van der Waals surface area contributed by atoms with Gasteiger partial charge in [-0.15, -0.1) is 0 Å². The molecule has 0 spiro atoms. The number of hydrogen-bond acceptors (Lipinski definition) is 4. The van der Waals surface area contributed by atoms with Crippen molar-refractivity contribution in [1.29, 1.82) is 0 Å². The maximum Gasteiger partial charge on any atom is 0.269 e. The molecule has 0 aliphatic carbocycles. The number of nitrogens with zero attached hydrogens (tertiary/aromatic N) is 1. The number of benzene rings is 1. The highest BCUT2D eigenvalue weighted by atomic mass is 35.5. The maximum absolute atomic E-state index is 11.6. The molecule has 20 heavy (non-hydrogen) atoms. The largest absolute Gasteiger partial charge is 0.493 e. The monoisotopic (exact) mass is 299 g/mol. The smallest absolute Gasteiger partial charge is 0.269 e. The number of rotatable bonds is 6. The fourth-order valence-corrected chi connectivity index (χ4v) is 1.76. The molecule has 1 aromatic rings. The first-order valence-corrected chi connectivity index (χ1v) is 6.41. The Bertz CT molecular complexity index is 502. The Morgan fingerprint density at radius 2 is 2.10 bits per heavy atom. The number of amides is 1. The molecule has 0 unspecified atom stereocenters. The van der Waals surface area contributed by atoms with E-state index < -0.39 is 0 Å². The lowest BCUT2D eigenvalue weighted by atomic mass is 10.2. The molecule has 0 aromatic heterocycles. The van der Waals surface area contributed by atoms with Crippen LogP contribution in [0.4, 0.5) is 0 Å². The number of likely N-dealkylation sites (N-methyl/N-ethyl adjacent to an activating group) is 1. The quantitative estimate of drug-likeness (QED) is 0.598. The highest BCUT2D eigenvalue weighted by molar-refractivity contribution is 6.32. The standard InChI is InChI=1S/C14H18ClNO4/c1-5-20-14-11(15)8-10(9-12(14)18-3)6-7-13(17)16(2)19-4/h6-9H,5H2,1-4H3. The molecule has 110 valence electrons. The van der Waals surface area contributed by atoms with Crippen molar-refractivity contribution in [2.24, 2.45) is 0 Å². The van der Waals surface area contributed by atoms with Crippen LogP contribution in [0.1, 0.15) is 12.5 Å². The average molecular weight is 300 g/mol. The third-order valence-electron chi connectivity index (χ3n) is 2.54. The Morgan fingerprint density at radius 3 is 2.65 bits per heavy atom. The van der Waals surface area contributed by atoms with Crippen LogP contribution in [-0.2, 0) is 9.63 Å². The van der Waals surface area contributed by atoms with Crippen molar-refractivity contribution in [3.63, 3.8) is 0 Å². The van der Waals surface area contributed by atoms with E-state index in [1.165, 1.54) is 27.3 Å². The molecule has 6 heteroatoms. The summed E-state index contributed by atoms with van der Waals surface area (Å²) in [6.07, 6.45) is 3.01. The summed E-state index contributed by atoms with van der Waals surface area (Å²) in [5.74, 6) is 0.733. The molecule has 0 bridgehead atoms. The minimum atomic E-state index is -0.281. The van der Waals surface area contributed by atoms with Gasteiger partial charge in [-0.2, -0.15) is 0 Å². The molecule has 0 saturated heterocycles. The van der Waals surface area contributed by atoms with Crippen LogP contribution >= 0.6 is 11.6 Å². The predicted octanol–water partition coefficient (Wildman–Crippen LogP) is 2.78. The van der Waals surface area contributed by atoms with E-state index in [1.807, 2.05) is 6.92 Å². The van der Waals surface area contributed by atoms with E-state index in [2.05, 4.69) is 0 Å². The van der Waals surface area contributed by atoms with Gasteiger partial charge in [0.1, 0.15) is 0 Å². The highest BCUT2D eigenvalue weighted by Crippen LogP contribution is 2.36. The van der Waals surface area contributed by atoms with Crippen LogP contribution in [0.15, 0.2) is 18.2 Å².